The number of amides is 1. The molecule has 1 saturated carbocycles. The Balaban J connectivity index is 0.000000286. The molecule has 0 radical (unpaired) electrons. The Morgan fingerprint density at radius 3 is 2.55 bits per heavy atom. The van der Waals surface area contributed by atoms with Crippen LogP contribution in [0.2, 0.25) is 5.02 Å². The normalized spacial score (nSPS) is 17.6. The van der Waals surface area contributed by atoms with Gasteiger partial charge in [0.1, 0.15) is 11.5 Å². The van der Waals surface area contributed by atoms with Gasteiger partial charge >= 0.3 is 0 Å². The van der Waals surface area contributed by atoms with Gasteiger partial charge in [0.05, 0.1) is 18.8 Å². The van der Waals surface area contributed by atoms with Crippen LogP contribution in [0.1, 0.15) is 55.5 Å². The zero-order valence-electron chi connectivity index (χ0n) is 20.1. The number of aryl methyl sites for hydroxylation is 1. The number of hydrogen-bond donors (Lipinski definition) is 0. The van der Waals surface area contributed by atoms with Crippen molar-refractivity contribution < 1.29 is 9.59 Å². The van der Waals surface area contributed by atoms with Gasteiger partial charge in [-0.2, -0.15) is 0 Å². The largest absolute Gasteiger partial charge is 0.327 e. The van der Waals surface area contributed by atoms with Gasteiger partial charge in [-0.25, -0.2) is 4.98 Å². The average Bonchev–Trinajstić information content (AvgIpc) is 3.57. The van der Waals surface area contributed by atoms with Crippen molar-refractivity contribution in [3.05, 3.63) is 64.7 Å². The summed E-state index contributed by atoms with van der Waals surface area (Å²) in [6.45, 7) is 8.66. The summed E-state index contributed by atoms with van der Waals surface area (Å²) in [6.07, 6.45) is 8.59. The van der Waals surface area contributed by atoms with Crippen molar-refractivity contribution in [1.82, 2.24) is 19.4 Å². The van der Waals surface area contributed by atoms with Gasteiger partial charge in [-0.05, 0) is 50.4 Å². The fourth-order valence-corrected chi connectivity index (χ4v) is 4.32. The van der Waals surface area contributed by atoms with E-state index in [4.69, 9.17) is 11.6 Å². The second-order valence-electron chi connectivity index (χ2n) is 8.80. The maximum Gasteiger partial charge on any atom is 0.247 e. The summed E-state index contributed by atoms with van der Waals surface area (Å²) in [5, 5.41) is 0.875. The van der Waals surface area contributed by atoms with Crippen molar-refractivity contribution in [2.75, 3.05) is 20.1 Å². The van der Waals surface area contributed by atoms with Crippen LogP contribution in [0.4, 0.5) is 0 Å². The highest BCUT2D eigenvalue weighted by Gasteiger charge is 2.41. The summed E-state index contributed by atoms with van der Waals surface area (Å²) in [6, 6.07) is 8.08. The van der Waals surface area contributed by atoms with Gasteiger partial charge in [0.25, 0.3) is 0 Å². The molecule has 33 heavy (non-hydrogen) atoms. The minimum atomic E-state index is 0.0329. The van der Waals surface area contributed by atoms with E-state index in [9.17, 15) is 9.59 Å². The predicted molar refractivity (Wildman–Crippen MR) is 132 cm³/mol. The fraction of sp³-hybridized carbons (Fsp3) is 0.500. The van der Waals surface area contributed by atoms with E-state index >= 15 is 0 Å². The predicted octanol–water partition coefficient (Wildman–Crippen LogP) is 4.62. The van der Waals surface area contributed by atoms with Gasteiger partial charge in [-0.1, -0.05) is 49.7 Å². The topological polar surface area (TPSA) is 58.4 Å². The first-order chi connectivity index (χ1) is 15.8. The summed E-state index contributed by atoms with van der Waals surface area (Å²) in [7, 11) is 2.03. The zero-order valence-corrected chi connectivity index (χ0v) is 20.9. The molecule has 0 N–H and O–H groups in total. The second kappa shape index (κ2) is 11.6. The lowest BCUT2D eigenvalue weighted by molar-refractivity contribution is -0.130. The number of carbonyl (C=O) groups excluding carboxylic acids is 2. The standard InChI is InChI=1S/C18H26N4O2.C8H9Cl/c1-4-20(3)9-5-6-18(24)22-12-17-19-10-15(13(2)23)21(17)11-16(22)14-7-8-14;1-2-7-5-3-4-6-8(7)9/h5-6,10,14,16H,4,7-9,11-12H2,1-3H3;3-6H,2H2,1H3/b6-5+;. The summed E-state index contributed by atoms with van der Waals surface area (Å²) in [5.74, 6) is 1.45. The van der Waals surface area contributed by atoms with E-state index < -0.39 is 0 Å². The van der Waals surface area contributed by atoms with Crippen molar-refractivity contribution in [3.8, 4) is 0 Å². The van der Waals surface area contributed by atoms with E-state index in [-0.39, 0.29) is 17.7 Å². The Morgan fingerprint density at radius 2 is 1.97 bits per heavy atom. The summed E-state index contributed by atoms with van der Waals surface area (Å²) in [4.78, 5) is 32.9. The minimum absolute atomic E-state index is 0.0329. The van der Waals surface area contributed by atoms with Crippen LogP contribution >= 0.6 is 11.6 Å². The van der Waals surface area contributed by atoms with E-state index in [2.05, 4.69) is 23.7 Å². The van der Waals surface area contributed by atoms with E-state index in [0.29, 0.717) is 24.7 Å². The van der Waals surface area contributed by atoms with Gasteiger partial charge in [-0.15, -0.1) is 0 Å². The number of Topliss-reactive ketones (excluding diaryl/α,β-unsaturated/α-hetero) is 1. The fourth-order valence-electron chi connectivity index (χ4n) is 4.05. The molecule has 1 aromatic heterocycles. The lowest BCUT2D eigenvalue weighted by atomic mass is 10.1. The Morgan fingerprint density at radius 1 is 1.24 bits per heavy atom. The number of ketones is 1. The van der Waals surface area contributed by atoms with Crippen molar-refractivity contribution in [2.24, 2.45) is 5.92 Å². The number of imidazole rings is 1. The van der Waals surface area contributed by atoms with Crippen LogP contribution < -0.4 is 0 Å². The van der Waals surface area contributed by atoms with Crippen molar-refractivity contribution in [2.45, 2.75) is 59.2 Å². The van der Waals surface area contributed by atoms with Crippen molar-refractivity contribution in [1.29, 1.82) is 0 Å². The molecule has 2 aromatic rings. The Hall–Kier alpha value is -2.44. The van der Waals surface area contributed by atoms with Gasteiger partial charge in [0.15, 0.2) is 5.78 Å². The lowest BCUT2D eigenvalue weighted by Gasteiger charge is -2.36. The molecule has 1 atom stereocenters. The smallest absolute Gasteiger partial charge is 0.247 e. The van der Waals surface area contributed by atoms with Gasteiger partial charge in [-0.3, -0.25) is 9.59 Å². The highest BCUT2D eigenvalue weighted by molar-refractivity contribution is 6.31. The molecule has 7 heteroatoms. The average molecular weight is 471 g/mol. The molecule has 1 aliphatic carbocycles. The van der Waals surface area contributed by atoms with Crippen LogP contribution in [0.3, 0.4) is 0 Å². The lowest BCUT2D eigenvalue weighted by Crippen LogP contribution is -2.47. The number of rotatable bonds is 7. The van der Waals surface area contributed by atoms with E-state index in [1.54, 1.807) is 19.2 Å². The molecule has 2 aliphatic rings. The first-order valence-electron chi connectivity index (χ1n) is 11.8. The number of aromatic nitrogens is 2. The molecule has 0 bridgehead atoms. The van der Waals surface area contributed by atoms with Gasteiger partial charge in [0.2, 0.25) is 5.91 Å². The summed E-state index contributed by atoms with van der Waals surface area (Å²) >= 11 is 5.82. The van der Waals surface area contributed by atoms with Crippen LogP contribution in [-0.4, -0.2) is 57.2 Å². The highest BCUT2D eigenvalue weighted by atomic mass is 35.5. The Kier molecular flexibility index (Phi) is 8.87. The van der Waals surface area contributed by atoms with Crippen LogP contribution in [0.15, 0.2) is 42.6 Å². The van der Waals surface area contributed by atoms with Crippen LogP contribution in [-0.2, 0) is 24.3 Å². The number of hydrogen-bond acceptors (Lipinski definition) is 4. The number of benzene rings is 1. The molecule has 178 valence electrons. The van der Waals surface area contributed by atoms with Crippen LogP contribution in [0.5, 0.6) is 0 Å². The zero-order chi connectivity index (χ0) is 24.0. The Labute approximate surface area is 202 Å². The monoisotopic (exact) mass is 470 g/mol. The van der Waals surface area contributed by atoms with Crippen LogP contribution in [0, 0.1) is 5.92 Å². The SMILES string of the molecule is CCN(C)C/C=C/C(=O)N1Cc2ncc(C(C)=O)n2CC1C1CC1.CCc1ccccc1Cl. The van der Waals surface area contributed by atoms with Gasteiger partial charge in [0, 0.05) is 31.1 Å². The first-order valence-corrected chi connectivity index (χ1v) is 12.2. The van der Waals surface area contributed by atoms with Crippen molar-refractivity contribution >= 4 is 23.3 Å². The molecule has 1 aromatic carbocycles. The van der Waals surface area contributed by atoms with Crippen molar-refractivity contribution in [3.63, 3.8) is 0 Å². The van der Waals surface area contributed by atoms with Gasteiger partial charge < -0.3 is 14.4 Å². The quantitative estimate of drug-likeness (QED) is 0.437. The molecule has 2 heterocycles. The molecular formula is C26H35ClN4O2. The molecule has 1 aliphatic heterocycles. The molecule has 0 saturated heterocycles. The Bertz CT molecular complexity index is 996. The molecule has 6 nitrogen and oxygen atoms in total. The third-order valence-electron chi connectivity index (χ3n) is 6.39. The molecular weight excluding hydrogens is 436 g/mol. The number of nitrogens with zero attached hydrogens (tertiary/aromatic N) is 4. The molecule has 1 amide bonds. The summed E-state index contributed by atoms with van der Waals surface area (Å²) in [5.41, 5.74) is 1.88. The number of halogens is 1. The molecule has 1 unspecified atom stereocenters. The highest BCUT2D eigenvalue weighted by Crippen LogP contribution is 2.38. The van der Waals surface area contributed by atoms with E-state index in [1.807, 2.05) is 46.9 Å². The van der Waals surface area contributed by atoms with Crippen LogP contribution in [0.25, 0.3) is 0 Å². The number of fused-ring (bicyclic) bond motifs is 1. The number of likely N-dealkylation sites (N-methyl/N-ethyl adjacent to an activating group) is 1. The maximum absolute atomic E-state index is 12.7. The molecule has 1 fully saturated rings. The third-order valence-corrected chi connectivity index (χ3v) is 6.75. The third kappa shape index (κ3) is 6.55. The first kappa shape index (κ1) is 25.2. The molecule has 4 rings (SSSR count). The van der Waals surface area contributed by atoms with E-state index in [0.717, 1.165) is 43.2 Å². The molecule has 0 spiro atoms. The van der Waals surface area contributed by atoms with E-state index in [1.165, 1.54) is 5.56 Å². The number of carbonyl (C=O) groups is 2. The maximum atomic E-state index is 12.7. The minimum Gasteiger partial charge on any atom is -0.327 e. The second-order valence-corrected chi connectivity index (χ2v) is 9.21. The summed E-state index contributed by atoms with van der Waals surface area (Å²) < 4.78 is 2.00.